The Morgan fingerprint density at radius 1 is 1.37 bits per heavy atom. The van der Waals surface area contributed by atoms with Crippen LogP contribution in [0.2, 0.25) is 0 Å². The quantitative estimate of drug-likeness (QED) is 0.350. The average Bonchev–Trinajstić information content (AvgIpc) is 3.42. The normalized spacial score (nSPS) is 15.4. The van der Waals surface area contributed by atoms with Gasteiger partial charge < -0.3 is 24.8 Å². The zero-order chi connectivity index (χ0) is 24.5. The van der Waals surface area contributed by atoms with Gasteiger partial charge in [0, 0.05) is 36.3 Å². The first-order chi connectivity index (χ1) is 16.9. The van der Waals surface area contributed by atoms with Crippen LogP contribution in [0, 0.1) is 0 Å². The lowest BCUT2D eigenvalue weighted by Gasteiger charge is -2.25. The number of benzene rings is 1. The molecule has 0 aliphatic heterocycles. The summed E-state index contributed by atoms with van der Waals surface area (Å²) in [4.78, 5) is 24.8. The van der Waals surface area contributed by atoms with Crippen LogP contribution in [0.4, 0.5) is 16.3 Å². The molecule has 0 fully saturated rings. The molecule has 1 aliphatic carbocycles. The summed E-state index contributed by atoms with van der Waals surface area (Å²) in [7, 11) is 1.62. The lowest BCUT2D eigenvalue weighted by atomic mass is 9.94. The Morgan fingerprint density at radius 2 is 2.23 bits per heavy atom. The van der Waals surface area contributed by atoms with E-state index < -0.39 is 6.09 Å². The minimum absolute atomic E-state index is 0.00585. The number of likely N-dealkylation sites (N-methyl/N-ethyl adjacent to an activating group) is 1. The molecule has 10 nitrogen and oxygen atoms in total. The molecule has 184 valence electrons. The Labute approximate surface area is 206 Å². The molecule has 0 saturated heterocycles. The number of aliphatic hydroxyl groups excluding tert-OH is 1. The van der Waals surface area contributed by atoms with Crippen molar-refractivity contribution in [3.05, 3.63) is 35.1 Å². The third kappa shape index (κ3) is 4.73. The Balaban J connectivity index is 1.44. The van der Waals surface area contributed by atoms with Crippen LogP contribution in [0.15, 0.2) is 24.7 Å². The molecule has 0 spiro atoms. The fraction of sp³-hybridized carbons (Fsp3) is 0.417. The minimum Gasteiger partial charge on any atom is -0.489 e. The number of carbonyl (C=O) groups excluding carboxylic acids is 1. The van der Waals surface area contributed by atoms with Crippen LogP contribution < -0.4 is 10.1 Å². The van der Waals surface area contributed by atoms with Crippen molar-refractivity contribution in [1.82, 2.24) is 25.1 Å². The van der Waals surface area contributed by atoms with E-state index in [-0.39, 0.29) is 25.4 Å². The van der Waals surface area contributed by atoms with Gasteiger partial charge in [-0.3, -0.25) is 5.10 Å². The van der Waals surface area contributed by atoms with Gasteiger partial charge in [0.05, 0.1) is 35.5 Å². The van der Waals surface area contributed by atoms with Crippen LogP contribution in [0.3, 0.4) is 0 Å². The standard InChI is InChI=1S/C24H28N6O4S/c1-13(2)33-19-10-17-14(11-27-29-17)8-18(19)28-22-21-16-5-4-15(34-24(32)30(3)6-7-31)9-20(16)35-23(21)26-12-25-22/h8,10-13,15,31H,4-7,9H2,1-3H3,(H,27,29)(H,25,26,28). The number of hydrogen-bond acceptors (Lipinski definition) is 9. The number of aromatic amines is 1. The smallest absolute Gasteiger partial charge is 0.409 e. The van der Waals surface area contributed by atoms with Crippen LogP contribution in [0.5, 0.6) is 5.75 Å². The molecule has 11 heteroatoms. The minimum atomic E-state index is -0.414. The maximum atomic E-state index is 12.3. The number of hydrogen-bond donors (Lipinski definition) is 3. The summed E-state index contributed by atoms with van der Waals surface area (Å²) in [5.74, 6) is 1.44. The number of aliphatic hydroxyl groups is 1. The molecular weight excluding hydrogens is 468 g/mol. The summed E-state index contributed by atoms with van der Waals surface area (Å²) in [5.41, 5.74) is 2.90. The Hall–Kier alpha value is -3.44. The molecule has 4 aromatic rings. The fourth-order valence-corrected chi connectivity index (χ4v) is 5.55. The molecule has 1 aliphatic rings. The molecule has 3 aromatic heterocycles. The van der Waals surface area contributed by atoms with Crippen LogP contribution >= 0.6 is 11.3 Å². The third-order valence-corrected chi connectivity index (χ3v) is 7.13. The number of rotatable bonds is 7. The largest absolute Gasteiger partial charge is 0.489 e. The molecule has 0 radical (unpaired) electrons. The molecule has 5 rings (SSSR count). The molecule has 3 heterocycles. The van der Waals surface area contributed by atoms with E-state index in [1.54, 1.807) is 30.9 Å². The number of thiophene rings is 1. The van der Waals surface area contributed by atoms with E-state index in [4.69, 9.17) is 14.6 Å². The van der Waals surface area contributed by atoms with E-state index in [1.165, 1.54) is 10.5 Å². The number of nitrogens with zero attached hydrogens (tertiary/aromatic N) is 4. The number of ether oxygens (including phenoxy) is 2. The molecule has 1 amide bonds. The van der Waals surface area contributed by atoms with E-state index in [9.17, 15) is 4.79 Å². The number of H-pyrrole nitrogens is 1. The van der Waals surface area contributed by atoms with E-state index in [1.807, 2.05) is 26.0 Å². The van der Waals surface area contributed by atoms with Crippen molar-refractivity contribution in [3.63, 3.8) is 0 Å². The zero-order valence-electron chi connectivity index (χ0n) is 19.9. The summed E-state index contributed by atoms with van der Waals surface area (Å²) in [6.07, 6.45) is 4.84. The second-order valence-electron chi connectivity index (χ2n) is 8.90. The van der Waals surface area contributed by atoms with Gasteiger partial charge in [0.25, 0.3) is 0 Å². The average molecular weight is 497 g/mol. The first-order valence-corrected chi connectivity index (χ1v) is 12.4. The van der Waals surface area contributed by atoms with Crippen LogP contribution in [-0.2, 0) is 17.6 Å². The number of aryl methyl sites for hydroxylation is 1. The number of carbonyl (C=O) groups is 1. The summed E-state index contributed by atoms with van der Waals surface area (Å²) < 4.78 is 11.7. The van der Waals surface area contributed by atoms with Crippen molar-refractivity contribution in [2.24, 2.45) is 0 Å². The Morgan fingerprint density at radius 3 is 3.03 bits per heavy atom. The Bertz CT molecular complexity index is 1370. The number of anilines is 2. The van der Waals surface area contributed by atoms with Crippen LogP contribution in [0.1, 0.15) is 30.7 Å². The second-order valence-corrected chi connectivity index (χ2v) is 9.98. The molecule has 1 unspecified atom stereocenters. The Kier molecular flexibility index (Phi) is 6.44. The van der Waals surface area contributed by atoms with Crippen LogP contribution in [0.25, 0.3) is 21.1 Å². The monoisotopic (exact) mass is 496 g/mol. The van der Waals surface area contributed by atoms with E-state index in [0.717, 1.165) is 43.9 Å². The van der Waals surface area contributed by atoms with Gasteiger partial charge in [0.2, 0.25) is 0 Å². The van der Waals surface area contributed by atoms with Gasteiger partial charge >= 0.3 is 6.09 Å². The number of fused-ring (bicyclic) bond motifs is 4. The second kappa shape index (κ2) is 9.67. The molecule has 0 bridgehead atoms. The lowest BCUT2D eigenvalue weighted by Crippen LogP contribution is -2.34. The van der Waals surface area contributed by atoms with Gasteiger partial charge in [-0.2, -0.15) is 5.10 Å². The number of nitrogens with one attached hydrogen (secondary N) is 2. The van der Waals surface area contributed by atoms with Gasteiger partial charge in [0.15, 0.2) is 0 Å². The predicted molar refractivity (Wildman–Crippen MR) is 135 cm³/mol. The van der Waals surface area contributed by atoms with Gasteiger partial charge in [-0.15, -0.1) is 11.3 Å². The maximum absolute atomic E-state index is 12.3. The van der Waals surface area contributed by atoms with Crippen molar-refractivity contribution in [3.8, 4) is 5.75 Å². The highest BCUT2D eigenvalue weighted by Gasteiger charge is 2.28. The van der Waals surface area contributed by atoms with Gasteiger partial charge in [0.1, 0.15) is 28.8 Å². The molecule has 1 atom stereocenters. The summed E-state index contributed by atoms with van der Waals surface area (Å²) in [6, 6.07) is 3.95. The summed E-state index contributed by atoms with van der Waals surface area (Å²) in [5, 5.41) is 21.6. The van der Waals surface area contributed by atoms with Crippen molar-refractivity contribution in [2.45, 2.75) is 45.3 Å². The predicted octanol–water partition coefficient (Wildman–Crippen LogP) is 4.02. The van der Waals surface area contributed by atoms with E-state index >= 15 is 0 Å². The van der Waals surface area contributed by atoms with Gasteiger partial charge in [-0.1, -0.05) is 0 Å². The van der Waals surface area contributed by atoms with Crippen molar-refractivity contribution in [1.29, 1.82) is 0 Å². The zero-order valence-corrected chi connectivity index (χ0v) is 20.7. The van der Waals surface area contributed by atoms with Gasteiger partial charge in [-0.05, 0) is 38.3 Å². The van der Waals surface area contributed by atoms with E-state index in [2.05, 4.69) is 25.5 Å². The highest BCUT2D eigenvalue weighted by Crippen LogP contribution is 2.41. The van der Waals surface area contributed by atoms with Crippen molar-refractivity contribution in [2.75, 3.05) is 25.5 Å². The number of aromatic nitrogens is 4. The SMILES string of the molecule is CC(C)Oc1cc2[nH]ncc2cc1Nc1ncnc2sc3c(c12)CCC(OC(=O)N(C)CCO)C3. The molecule has 1 aromatic carbocycles. The molecule has 3 N–H and O–H groups in total. The van der Waals surface area contributed by atoms with E-state index in [0.29, 0.717) is 18.6 Å². The molecular formula is C24H28N6O4S. The highest BCUT2D eigenvalue weighted by atomic mass is 32.1. The summed E-state index contributed by atoms with van der Waals surface area (Å²) >= 11 is 1.61. The van der Waals surface area contributed by atoms with Crippen molar-refractivity contribution < 1.29 is 19.4 Å². The topological polar surface area (TPSA) is 125 Å². The molecule has 0 saturated carbocycles. The van der Waals surface area contributed by atoms with Crippen molar-refractivity contribution >= 4 is 50.1 Å². The van der Waals surface area contributed by atoms with Crippen LogP contribution in [-0.4, -0.2) is 68.7 Å². The third-order valence-electron chi connectivity index (χ3n) is 5.97. The summed E-state index contributed by atoms with van der Waals surface area (Å²) in [6.45, 7) is 4.13. The van der Waals surface area contributed by atoms with Gasteiger partial charge in [-0.25, -0.2) is 14.8 Å². The number of amides is 1. The lowest BCUT2D eigenvalue weighted by molar-refractivity contribution is 0.0593. The maximum Gasteiger partial charge on any atom is 0.409 e. The fourth-order valence-electron chi connectivity index (χ4n) is 4.30. The first kappa shape index (κ1) is 23.3. The molecule has 35 heavy (non-hydrogen) atoms. The first-order valence-electron chi connectivity index (χ1n) is 11.6. The highest BCUT2D eigenvalue weighted by molar-refractivity contribution is 7.19.